The zero-order valence-corrected chi connectivity index (χ0v) is 22.8. The van der Waals surface area contributed by atoms with Gasteiger partial charge in [-0.05, 0) is 37.5 Å². The summed E-state index contributed by atoms with van der Waals surface area (Å²) in [5.41, 5.74) is 0.950. The molecule has 0 aliphatic carbocycles. The van der Waals surface area contributed by atoms with Crippen molar-refractivity contribution in [1.82, 2.24) is 10.2 Å². The van der Waals surface area contributed by atoms with Crippen LogP contribution >= 0.6 is 27.5 Å². The number of carbonyl (C=O) groups is 3. The Kier molecular flexibility index (Phi) is 7.08. The van der Waals surface area contributed by atoms with Gasteiger partial charge in [-0.15, -0.1) is 0 Å². The van der Waals surface area contributed by atoms with Crippen LogP contribution < -0.4 is 10.6 Å². The number of halogens is 2. The highest BCUT2D eigenvalue weighted by Gasteiger charge is 2.76. The molecule has 2 bridgehead atoms. The monoisotopic (exact) mass is 589 g/mol. The van der Waals surface area contributed by atoms with Crippen LogP contribution in [0.1, 0.15) is 24.5 Å². The molecule has 0 radical (unpaired) electrons. The molecule has 3 heterocycles. The Morgan fingerprint density at radius 2 is 1.95 bits per heavy atom. The highest BCUT2D eigenvalue weighted by atomic mass is 79.9. The Morgan fingerprint density at radius 3 is 2.62 bits per heavy atom. The van der Waals surface area contributed by atoms with Crippen molar-refractivity contribution < 1.29 is 24.2 Å². The molecule has 2 aromatic carbocycles. The topological polar surface area (TPSA) is 108 Å². The van der Waals surface area contributed by atoms with Crippen LogP contribution in [-0.2, 0) is 25.7 Å². The highest BCUT2D eigenvalue weighted by molar-refractivity contribution is 9.09. The van der Waals surface area contributed by atoms with Gasteiger partial charge in [0.15, 0.2) is 0 Å². The van der Waals surface area contributed by atoms with Gasteiger partial charge in [0.05, 0.1) is 41.3 Å². The number of ether oxygens (including phenoxy) is 1. The predicted molar refractivity (Wildman–Crippen MR) is 142 cm³/mol. The molecule has 3 saturated heterocycles. The molecule has 196 valence electrons. The molecule has 3 amide bonds. The van der Waals surface area contributed by atoms with E-state index in [0.717, 1.165) is 11.1 Å². The smallest absolute Gasteiger partial charge is 0.250 e. The minimum absolute atomic E-state index is 0.217. The number of aryl methyl sites for hydroxylation is 1. The fourth-order valence-electron chi connectivity index (χ4n) is 6.11. The highest BCUT2D eigenvalue weighted by Crippen LogP contribution is 2.60. The lowest BCUT2D eigenvalue weighted by Crippen LogP contribution is -2.56. The zero-order valence-electron chi connectivity index (χ0n) is 20.5. The van der Waals surface area contributed by atoms with E-state index in [-0.39, 0.29) is 23.2 Å². The summed E-state index contributed by atoms with van der Waals surface area (Å²) in [6.45, 7) is 3.49. The van der Waals surface area contributed by atoms with E-state index in [1.165, 1.54) is 4.90 Å². The van der Waals surface area contributed by atoms with Gasteiger partial charge in [0.1, 0.15) is 11.6 Å². The molecule has 8 nitrogen and oxygen atoms in total. The SMILES string of the molecule is Cc1cccc(Cl)c1NC(=O)C1N([C@H](C)CO)C(=O)[C@@H]2[C@@H](C(=O)NCc3ccccc3)[C@@H]3OC12CC3Br. The first kappa shape index (κ1) is 26.2. The third-order valence-electron chi connectivity index (χ3n) is 7.80. The largest absolute Gasteiger partial charge is 0.394 e. The molecule has 3 unspecified atom stereocenters. The number of anilines is 1. The summed E-state index contributed by atoms with van der Waals surface area (Å²) >= 11 is 10.0. The minimum atomic E-state index is -1.21. The summed E-state index contributed by atoms with van der Waals surface area (Å²) in [7, 11) is 0. The maximum absolute atomic E-state index is 13.9. The van der Waals surface area contributed by atoms with Crippen molar-refractivity contribution in [2.45, 2.75) is 55.4 Å². The maximum atomic E-state index is 13.9. The Morgan fingerprint density at radius 1 is 1.22 bits per heavy atom. The van der Waals surface area contributed by atoms with Crippen LogP contribution in [0.2, 0.25) is 5.02 Å². The number of nitrogens with zero attached hydrogens (tertiary/aromatic N) is 1. The van der Waals surface area contributed by atoms with Crippen LogP contribution in [0.4, 0.5) is 5.69 Å². The van der Waals surface area contributed by atoms with Gasteiger partial charge >= 0.3 is 0 Å². The number of para-hydroxylation sites is 1. The van der Waals surface area contributed by atoms with Crippen molar-refractivity contribution >= 4 is 50.9 Å². The van der Waals surface area contributed by atoms with Gasteiger partial charge in [-0.1, -0.05) is 70.0 Å². The third kappa shape index (κ3) is 4.26. The van der Waals surface area contributed by atoms with Crippen molar-refractivity contribution in [2.24, 2.45) is 11.8 Å². The number of alkyl halides is 1. The third-order valence-corrected chi connectivity index (χ3v) is 8.96. The molecule has 3 fully saturated rings. The lowest BCUT2D eigenvalue weighted by Gasteiger charge is -2.36. The summed E-state index contributed by atoms with van der Waals surface area (Å²) in [6.07, 6.45) is -0.182. The molecule has 3 aliphatic heterocycles. The summed E-state index contributed by atoms with van der Waals surface area (Å²) < 4.78 is 6.46. The number of hydrogen-bond acceptors (Lipinski definition) is 5. The second-order valence-electron chi connectivity index (χ2n) is 10.1. The molecule has 5 rings (SSSR count). The van der Waals surface area contributed by atoms with Gasteiger partial charge < -0.3 is 25.4 Å². The lowest BCUT2D eigenvalue weighted by molar-refractivity contribution is -0.143. The first-order valence-corrected chi connectivity index (χ1v) is 13.6. The lowest BCUT2D eigenvalue weighted by atomic mass is 9.70. The van der Waals surface area contributed by atoms with Gasteiger partial charge in [0, 0.05) is 11.4 Å². The predicted octanol–water partition coefficient (Wildman–Crippen LogP) is 3.03. The Balaban J connectivity index is 1.48. The molecule has 3 aliphatic rings. The second kappa shape index (κ2) is 10.0. The zero-order chi connectivity index (χ0) is 26.5. The van der Waals surface area contributed by atoms with Crippen LogP contribution in [0.3, 0.4) is 0 Å². The molecule has 2 aromatic rings. The van der Waals surface area contributed by atoms with Crippen molar-refractivity contribution in [3.05, 3.63) is 64.7 Å². The molecule has 7 atom stereocenters. The molecular weight excluding hydrogens is 562 g/mol. The number of likely N-dealkylation sites (tertiary alicyclic amines) is 1. The summed E-state index contributed by atoms with van der Waals surface area (Å²) in [5.74, 6) is -2.74. The summed E-state index contributed by atoms with van der Waals surface area (Å²) in [6, 6.07) is 13.1. The molecule has 0 saturated carbocycles. The van der Waals surface area contributed by atoms with E-state index in [4.69, 9.17) is 16.3 Å². The Labute approximate surface area is 228 Å². The Hall–Kier alpha value is -2.46. The van der Waals surface area contributed by atoms with E-state index in [1.807, 2.05) is 43.3 Å². The molecule has 1 spiro atoms. The van der Waals surface area contributed by atoms with Crippen LogP contribution in [0.15, 0.2) is 48.5 Å². The van der Waals surface area contributed by atoms with E-state index in [0.29, 0.717) is 23.7 Å². The van der Waals surface area contributed by atoms with Gasteiger partial charge in [-0.25, -0.2) is 0 Å². The fraction of sp³-hybridized carbons (Fsp3) is 0.444. The van der Waals surface area contributed by atoms with E-state index < -0.39 is 41.5 Å². The minimum Gasteiger partial charge on any atom is -0.394 e. The first-order chi connectivity index (χ1) is 17.7. The van der Waals surface area contributed by atoms with E-state index in [1.54, 1.807) is 19.1 Å². The Bertz CT molecular complexity index is 1210. The molecule has 3 N–H and O–H groups in total. The molecule has 37 heavy (non-hydrogen) atoms. The van der Waals surface area contributed by atoms with Crippen molar-refractivity contribution in [1.29, 1.82) is 0 Å². The number of nitrogens with one attached hydrogen (secondary N) is 2. The second-order valence-corrected chi connectivity index (χ2v) is 11.6. The van der Waals surface area contributed by atoms with Gasteiger partial charge in [-0.2, -0.15) is 0 Å². The van der Waals surface area contributed by atoms with E-state index in [9.17, 15) is 19.5 Å². The summed E-state index contributed by atoms with van der Waals surface area (Å²) in [4.78, 5) is 42.4. The molecule has 10 heteroatoms. The summed E-state index contributed by atoms with van der Waals surface area (Å²) in [5, 5.41) is 16.2. The maximum Gasteiger partial charge on any atom is 0.250 e. The van der Waals surface area contributed by atoms with E-state index >= 15 is 0 Å². The van der Waals surface area contributed by atoms with Crippen LogP contribution in [0, 0.1) is 18.8 Å². The number of carbonyl (C=O) groups excluding carboxylic acids is 3. The quantitative estimate of drug-likeness (QED) is 0.430. The van der Waals surface area contributed by atoms with Crippen LogP contribution in [-0.4, -0.2) is 63.0 Å². The van der Waals surface area contributed by atoms with Crippen LogP contribution in [0.25, 0.3) is 0 Å². The fourth-order valence-corrected chi connectivity index (χ4v) is 7.33. The first-order valence-electron chi connectivity index (χ1n) is 12.3. The van der Waals surface area contributed by atoms with E-state index in [2.05, 4.69) is 26.6 Å². The molecule has 0 aromatic heterocycles. The van der Waals surface area contributed by atoms with Crippen LogP contribution in [0.5, 0.6) is 0 Å². The average molecular weight is 591 g/mol. The number of benzene rings is 2. The number of fused-ring (bicyclic) bond motifs is 1. The number of hydrogen-bond donors (Lipinski definition) is 3. The number of amides is 3. The van der Waals surface area contributed by atoms with Gasteiger partial charge in [-0.3, -0.25) is 14.4 Å². The van der Waals surface area contributed by atoms with Crippen molar-refractivity contribution in [2.75, 3.05) is 11.9 Å². The molecular formula is C27H29BrClN3O5. The standard InChI is InChI=1S/C27H29BrClN3O5/c1-14-7-6-10-18(29)21(14)31-25(35)23-27-11-17(28)22(37-27)19(20(27)26(36)32(23)15(2)13-33)24(34)30-12-16-8-4-3-5-9-16/h3-10,15,17,19-20,22-23,33H,11-13H2,1-2H3,(H,30,34)(H,31,35)/t15-,17?,19-,20+,22-,23?,27?/m1/s1. The van der Waals surface area contributed by atoms with Crippen molar-refractivity contribution in [3.8, 4) is 0 Å². The number of aliphatic hydroxyl groups excluding tert-OH is 1. The normalized spacial score (nSPS) is 30.8. The number of rotatable bonds is 7. The van der Waals surface area contributed by atoms with Gasteiger partial charge in [0.2, 0.25) is 17.7 Å². The average Bonchev–Trinajstić information content (AvgIpc) is 3.48. The van der Waals surface area contributed by atoms with Crippen molar-refractivity contribution in [3.63, 3.8) is 0 Å². The van der Waals surface area contributed by atoms with Gasteiger partial charge in [0.25, 0.3) is 0 Å². The number of aliphatic hydroxyl groups is 1.